The van der Waals surface area contributed by atoms with Crippen LogP contribution in [0.5, 0.6) is 0 Å². The van der Waals surface area contributed by atoms with Gasteiger partial charge in [0.15, 0.2) is 0 Å². The van der Waals surface area contributed by atoms with Crippen LogP contribution in [0.4, 0.5) is 10.1 Å². The largest absolute Gasteiger partial charge is 0.369 e. The summed E-state index contributed by atoms with van der Waals surface area (Å²) >= 11 is 3.37. The fourth-order valence-corrected chi connectivity index (χ4v) is 1.94. The Morgan fingerprint density at radius 2 is 2.06 bits per heavy atom. The molecule has 0 saturated heterocycles. The van der Waals surface area contributed by atoms with Gasteiger partial charge in [-0.05, 0) is 28.1 Å². The van der Waals surface area contributed by atoms with E-state index in [1.54, 1.807) is 24.5 Å². The third-order valence-electron chi connectivity index (χ3n) is 2.50. The molecule has 0 radical (unpaired) electrons. The molecule has 2 aromatic rings. The van der Waals surface area contributed by atoms with Crippen LogP contribution in [0.25, 0.3) is 0 Å². The van der Waals surface area contributed by atoms with Gasteiger partial charge in [-0.1, -0.05) is 18.2 Å². The van der Waals surface area contributed by atoms with E-state index < -0.39 is 0 Å². The maximum Gasteiger partial charge on any atom is 0.128 e. The molecule has 1 aromatic carbocycles. The van der Waals surface area contributed by atoms with Crippen molar-refractivity contribution in [3.05, 3.63) is 58.6 Å². The molecule has 0 unspecified atom stereocenters. The van der Waals surface area contributed by atoms with Crippen LogP contribution in [-0.4, -0.2) is 12.0 Å². The molecule has 4 heteroatoms. The van der Waals surface area contributed by atoms with Gasteiger partial charge in [-0.3, -0.25) is 4.98 Å². The molecule has 2 nitrogen and oxygen atoms in total. The number of aromatic nitrogens is 1. The minimum Gasteiger partial charge on any atom is -0.369 e. The molecule has 0 spiro atoms. The van der Waals surface area contributed by atoms with Crippen LogP contribution >= 0.6 is 15.9 Å². The van der Waals surface area contributed by atoms with Gasteiger partial charge in [-0.25, -0.2) is 4.39 Å². The average Bonchev–Trinajstić information content (AvgIpc) is 2.32. The summed E-state index contributed by atoms with van der Waals surface area (Å²) in [5.41, 5.74) is 1.62. The second-order valence-electron chi connectivity index (χ2n) is 3.81. The van der Waals surface area contributed by atoms with E-state index in [1.165, 1.54) is 6.07 Å². The molecule has 1 aromatic heterocycles. The molecular formula is C13H12BrFN2. The fourth-order valence-electron chi connectivity index (χ4n) is 1.58. The Hall–Kier alpha value is -1.42. The topological polar surface area (TPSA) is 16.1 Å². The van der Waals surface area contributed by atoms with Gasteiger partial charge in [-0.2, -0.15) is 0 Å². The van der Waals surface area contributed by atoms with Gasteiger partial charge < -0.3 is 4.90 Å². The summed E-state index contributed by atoms with van der Waals surface area (Å²) in [6.07, 6.45) is 3.48. The summed E-state index contributed by atoms with van der Waals surface area (Å²) in [6, 6.07) is 8.75. The molecule has 0 fully saturated rings. The monoisotopic (exact) mass is 294 g/mol. The van der Waals surface area contributed by atoms with Crippen molar-refractivity contribution in [1.29, 1.82) is 0 Å². The van der Waals surface area contributed by atoms with E-state index in [9.17, 15) is 4.39 Å². The number of hydrogen-bond acceptors (Lipinski definition) is 2. The van der Waals surface area contributed by atoms with E-state index in [-0.39, 0.29) is 5.82 Å². The van der Waals surface area contributed by atoms with Crippen LogP contribution in [0.15, 0.2) is 47.2 Å². The Morgan fingerprint density at radius 1 is 1.29 bits per heavy atom. The lowest BCUT2D eigenvalue weighted by Crippen LogP contribution is -2.17. The first-order chi connectivity index (χ1) is 8.16. The fraction of sp³-hybridized carbons (Fsp3) is 0.154. The van der Waals surface area contributed by atoms with Crippen molar-refractivity contribution in [1.82, 2.24) is 4.98 Å². The van der Waals surface area contributed by atoms with Gasteiger partial charge in [0.2, 0.25) is 0 Å². The van der Waals surface area contributed by atoms with Gasteiger partial charge in [0, 0.05) is 29.8 Å². The van der Waals surface area contributed by atoms with Crippen LogP contribution in [-0.2, 0) is 6.54 Å². The van der Waals surface area contributed by atoms with Gasteiger partial charge in [0.1, 0.15) is 5.82 Å². The minimum atomic E-state index is -0.178. The molecule has 0 aliphatic rings. The lowest BCUT2D eigenvalue weighted by Gasteiger charge is -2.19. The van der Waals surface area contributed by atoms with E-state index in [0.717, 1.165) is 10.2 Å². The molecule has 17 heavy (non-hydrogen) atoms. The summed E-state index contributed by atoms with van der Waals surface area (Å²) in [4.78, 5) is 6.04. The molecule has 0 atom stereocenters. The number of nitrogens with zero attached hydrogens (tertiary/aromatic N) is 2. The quantitative estimate of drug-likeness (QED) is 0.859. The Balaban J connectivity index is 2.17. The predicted molar refractivity (Wildman–Crippen MR) is 70.4 cm³/mol. The Labute approximate surface area is 108 Å². The van der Waals surface area contributed by atoms with E-state index in [0.29, 0.717) is 12.1 Å². The first kappa shape index (κ1) is 12.0. The van der Waals surface area contributed by atoms with Crippen molar-refractivity contribution in [2.75, 3.05) is 11.9 Å². The molecule has 0 saturated carbocycles. The van der Waals surface area contributed by atoms with Gasteiger partial charge in [0.05, 0.1) is 11.9 Å². The number of pyridine rings is 1. The van der Waals surface area contributed by atoms with Crippen LogP contribution in [0, 0.1) is 5.82 Å². The highest BCUT2D eigenvalue weighted by Crippen LogP contribution is 2.19. The van der Waals surface area contributed by atoms with E-state index in [1.807, 2.05) is 24.1 Å². The van der Waals surface area contributed by atoms with Gasteiger partial charge in [0.25, 0.3) is 0 Å². The Morgan fingerprint density at radius 3 is 2.76 bits per heavy atom. The van der Waals surface area contributed by atoms with Crippen LogP contribution in [0.3, 0.4) is 0 Å². The van der Waals surface area contributed by atoms with Gasteiger partial charge >= 0.3 is 0 Å². The second kappa shape index (κ2) is 5.27. The molecule has 2 rings (SSSR count). The van der Waals surface area contributed by atoms with Crippen LogP contribution in [0.2, 0.25) is 0 Å². The molecule has 1 heterocycles. The number of anilines is 1. The zero-order valence-corrected chi connectivity index (χ0v) is 11.0. The molecule has 88 valence electrons. The zero-order valence-electron chi connectivity index (χ0n) is 9.40. The summed E-state index contributed by atoms with van der Waals surface area (Å²) in [5.74, 6) is -0.178. The van der Waals surface area contributed by atoms with Crippen molar-refractivity contribution in [2.45, 2.75) is 6.54 Å². The Kier molecular flexibility index (Phi) is 3.74. The van der Waals surface area contributed by atoms with Gasteiger partial charge in [-0.15, -0.1) is 0 Å². The van der Waals surface area contributed by atoms with Crippen molar-refractivity contribution in [3.8, 4) is 0 Å². The van der Waals surface area contributed by atoms with Crippen LogP contribution in [0.1, 0.15) is 5.56 Å². The van der Waals surface area contributed by atoms with Crippen molar-refractivity contribution in [2.24, 2.45) is 0 Å². The number of rotatable bonds is 3. The second-order valence-corrected chi connectivity index (χ2v) is 4.72. The van der Waals surface area contributed by atoms with Crippen molar-refractivity contribution >= 4 is 21.6 Å². The summed E-state index contributed by atoms with van der Waals surface area (Å²) in [6.45, 7) is 0.519. The summed E-state index contributed by atoms with van der Waals surface area (Å²) < 4.78 is 14.4. The summed E-state index contributed by atoms with van der Waals surface area (Å²) in [7, 11) is 1.91. The summed E-state index contributed by atoms with van der Waals surface area (Å²) in [5, 5.41) is 0. The zero-order chi connectivity index (χ0) is 12.3. The average molecular weight is 295 g/mol. The standard InChI is InChI=1S/C13H12BrFN2/c1-17(12-6-11(14)7-16-8-12)9-10-4-2-3-5-13(10)15/h2-8H,9H2,1H3. The molecule has 0 aliphatic heterocycles. The highest BCUT2D eigenvalue weighted by Gasteiger charge is 2.06. The van der Waals surface area contributed by atoms with Crippen LogP contribution < -0.4 is 4.90 Å². The Bertz CT molecular complexity index is 516. The number of benzene rings is 1. The number of halogens is 2. The van der Waals surface area contributed by atoms with E-state index in [4.69, 9.17) is 0 Å². The van der Waals surface area contributed by atoms with Crippen molar-refractivity contribution < 1.29 is 4.39 Å². The molecule has 0 aliphatic carbocycles. The predicted octanol–water partition coefficient (Wildman–Crippen LogP) is 3.62. The van der Waals surface area contributed by atoms with E-state index in [2.05, 4.69) is 20.9 Å². The highest BCUT2D eigenvalue weighted by molar-refractivity contribution is 9.10. The molecule has 0 bridgehead atoms. The molecular weight excluding hydrogens is 283 g/mol. The lowest BCUT2D eigenvalue weighted by molar-refractivity contribution is 0.608. The third-order valence-corrected chi connectivity index (χ3v) is 2.93. The SMILES string of the molecule is CN(Cc1ccccc1F)c1cncc(Br)c1. The normalized spacial score (nSPS) is 10.3. The lowest BCUT2D eigenvalue weighted by atomic mass is 10.2. The number of hydrogen-bond donors (Lipinski definition) is 0. The molecule has 0 N–H and O–H groups in total. The maximum atomic E-state index is 13.5. The molecule has 0 amide bonds. The van der Waals surface area contributed by atoms with Crippen molar-refractivity contribution in [3.63, 3.8) is 0 Å². The smallest absolute Gasteiger partial charge is 0.128 e. The van der Waals surface area contributed by atoms with E-state index >= 15 is 0 Å². The minimum absolute atomic E-state index is 0.178. The first-order valence-corrected chi connectivity index (χ1v) is 6.01. The highest BCUT2D eigenvalue weighted by atomic mass is 79.9. The third kappa shape index (κ3) is 3.03. The maximum absolute atomic E-state index is 13.5. The first-order valence-electron chi connectivity index (χ1n) is 5.22.